The van der Waals surface area contributed by atoms with Crippen LogP contribution < -0.4 is 15.8 Å². The molecule has 1 unspecified atom stereocenters. The molecule has 4 aromatic rings. The van der Waals surface area contributed by atoms with Gasteiger partial charge in [0.05, 0.1) is 11.6 Å². The molecule has 0 bridgehead atoms. The number of nitrogens with zero attached hydrogens (tertiary/aromatic N) is 3. The van der Waals surface area contributed by atoms with Crippen molar-refractivity contribution in [2.45, 2.75) is 12.8 Å². The SMILES string of the molecule is O=C(Nc1cc2ccccc2oc1=O)C1CCCN(c2cc(-c3ccccc3)ncn2)C1. The zero-order valence-corrected chi connectivity index (χ0v) is 17.4. The maximum atomic E-state index is 13.0. The van der Waals surface area contributed by atoms with Crippen LogP contribution in [0.4, 0.5) is 11.5 Å². The predicted molar refractivity (Wildman–Crippen MR) is 124 cm³/mol. The molecule has 2 aromatic carbocycles. The molecule has 1 amide bonds. The van der Waals surface area contributed by atoms with Crippen LogP contribution in [0.25, 0.3) is 22.2 Å². The van der Waals surface area contributed by atoms with Crippen molar-refractivity contribution in [2.75, 3.05) is 23.3 Å². The summed E-state index contributed by atoms with van der Waals surface area (Å²) in [4.78, 5) is 36.2. The summed E-state index contributed by atoms with van der Waals surface area (Å²) in [5, 5.41) is 3.54. The molecule has 3 heterocycles. The summed E-state index contributed by atoms with van der Waals surface area (Å²) in [6, 6.07) is 20.8. The number of carbonyl (C=O) groups excluding carboxylic acids is 1. The van der Waals surface area contributed by atoms with Gasteiger partial charge < -0.3 is 14.6 Å². The van der Waals surface area contributed by atoms with Gasteiger partial charge in [0.1, 0.15) is 23.4 Å². The number of aromatic nitrogens is 2. The molecule has 5 rings (SSSR count). The van der Waals surface area contributed by atoms with Gasteiger partial charge in [0.2, 0.25) is 5.91 Å². The fraction of sp³-hybridized carbons (Fsp3) is 0.200. The highest BCUT2D eigenvalue weighted by Gasteiger charge is 2.27. The van der Waals surface area contributed by atoms with Crippen molar-refractivity contribution in [3.05, 3.63) is 83.5 Å². The fourth-order valence-corrected chi connectivity index (χ4v) is 4.07. The summed E-state index contributed by atoms with van der Waals surface area (Å²) in [7, 11) is 0. The predicted octanol–water partition coefficient (Wildman–Crippen LogP) is 4.11. The monoisotopic (exact) mass is 426 g/mol. The van der Waals surface area contributed by atoms with Crippen molar-refractivity contribution in [1.82, 2.24) is 9.97 Å². The van der Waals surface area contributed by atoms with E-state index in [2.05, 4.69) is 20.2 Å². The lowest BCUT2D eigenvalue weighted by Gasteiger charge is -2.32. The molecule has 7 heteroatoms. The van der Waals surface area contributed by atoms with E-state index in [4.69, 9.17) is 4.42 Å². The lowest BCUT2D eigenvalue weighted by molar-refractivity contribution is -0.120. The van der Waals surface area contributed by atoms with Gasteiger partial charge in [-0.3, -0.25) is 4.79 Å². The van der Waals surface area contributed by atoms with Crippen LogP contribution in [0, 0.1) is 5.92 Å². The Hall–Kier alpha value is -4.00. The van der Waals surface area contributed by atoms with Gasteiger partial charge in [-0.25, -0.2) is 14.8 Å². The molecule has 0 aliphatic carbocycles. The maximum absolute atomic E-state index is 13.0. The van der Waals surface area contributed by atoms with Gasteiger partial charge in [-0.1, -0.05) is 48.5 Å². The number of rotatable bonds is 4. The van der Waals surface area contributed by atoms with Gasteiger partial charge in [0.25, 0.3) is 0 Å². The minimum atomic E-state index is -0.548. The van der Waals surface area contributed by atoms with Crippen LogP contribution in [-0.4, -0.2) is 29.0 Å². The Morgan fingerprint density at radius 1 is 1.03 bits per heavy atom. The molecule has 1 aliphatic heterocycles. The van der Waals surface area contributed by atoms with E-state index >= 15 is 0 Å². The Morgan fingerprint density at radius 2 is 1.84 bits per heavy atom. The van der Waals surface area contributed by atoms with Crippen LogP contribution >= 0.6 is 0 Å². The van der Waals surface area contributed by atoms with Crippen molar-refractivity contribution in [1.29, 1.82) is 0 Å². The van der Waals surface area contributed by atoms with Crippen molar-refractivity contribution >= 4 is 28.4 Å². The minimum absolute atomic E-state index is 0.166. The van der Waals surface area contributed by atoms with Crippen molar-refractivity contribution in [3.8, 4) is 11.3 Å². The number of hydrogen-bond donors (Lipinski definition) is 1. The average Bonchev–Trinajstić information content (AvgIpc) is 2.85. The highest BCUT2D eigenvalue weighted by atomic mass is 16.4. The van der Waals surface area contributed by atoms with E-state index in [-0.39, 0.29) is 17.5 Å². The standard InChI is InChI=1S/C25H22N4O3/c30-24(28-21-13-18-9-4-5-11-22(18)32-25(21)31)19-10-6-12-29(15-19)23-14-20(26-16-27-23)17-7-2-1-3-8-17/h1-5,7-9,11,13-14,16,19H,6,10,12,15H2,(H,28,30). The van der Waals surface area contributed by atoms with E-state index in [0.29, 0.717) is 12.1 Å². The zero-order chi connectivity index (χ0) is 21.9. The number of anilines is 2. The van der Waals surface area contributed by atoms with Gasteiger partial charge in [0.15, 0.2) is 0 Å². The molecule has 0 spiro atoms. The lowest BCUT2D eigenvalue weighted by Crippen LogP contribution is -2.41. The molecule has 32 heavy (non-hydrogen) atoms. The van der Waals surface area contributed by atoms with Crippen LogP contribution in [0.1, 0.15) is 12.8 Å². The smallest absolute Gasteiger partial charge is 0.360 e. The normalized spacial score (nSPS) is 16.1. The second-order valence-electron chi connectivity index (χ2n) is 7.89. The first-order chi connectivity index (χ1) is 15.7. The number of fused-ring (bicyclic) bond motifs is 1. The Labute approximate surface area is 184 Å². The van der Waals surface area contributed by atoms with E-state index in [0.717, 1.165) is 41.8 Å². The third-order valence-corrected chi connectivity index (χ3v) is 5.74. The highest BCUT2D eigenvalue weighted by molar-refractivity contribution is 5.94. The third-order valence-electron chi connectivity index (χ3n) is 5.74. The number of para-hydroxylation sites is 1. The molecular weight excluding hydrogens is 404 g/mol. The molecular formula is C25H22N4O3. The van der Waals surface area contributed by atoms with E-state index in [9.17, 15) is 9.59 Å². The fourth-order valence-electron chi connectivity index (χ4n) is 4.07. The topological polar surface area (TPSA) is 88.3 Å². The molecule has 1 fully saturated rings. The van der Waals surface area contributed by atoms with E-state index in [1.54, 1.807) is 24.5 Å². The summed E-state index contributed by atoms with van der Waals surface area (Å²) in [6.45, 7) is 1.34. The van der Waals surface area contributed by atoms with Crippen LogP contribution in [-0.2, 0) is 4.79 Å². The third kappa shape index (κ3) is 4.09. The van der Waals surface area contributed by atoms with Gasteiger partial charge in [-0.15, -0.1) is 0 Å². The number of carbonyl (C=O) groups is 1. The van der Waals surface area contributed by atoms with Crippen molar-refractivity contribution in [3.63, 3.8) is 0 Å². The summed E-state index contributed by atoms with van der Waals surface area (Å²) in [5.41, 5.74) is 1.98. The zero-order valence-electron chi connectivity index (χ0n) is 17.4. The Balaban J connectivity index is 1.33. The summed E-state index contributed by atoms with van der Waals surface area (Å²) in [5.74, 6) is 0.348. The first kappa shape index (κ1) is 19.9. The molecule has 2 aromatic heterocycles. The molecule has 0 saturated carbocycles. The number of piperidine rings is 1. The number of nitrogens with one attached hydrogen (secondary N) is 1. The van der Waals surface area contributed by atoms with Crippen molar-refractivity contribution in [2.24, 2.45) is 5.92 Å². The Kier molecular flexibility index (Phi) is 5.37. The van der Waals surface area contributed by atoms with Crippen molar-refractivity contribution < 1.29 is 9.21 Å². The summed E-state index contributed by atoms with van der Waals surface area (Å²) >= 11 is 0. The van der Waals surface area contributed by atoms with Gasteiger partial charge in [0, 0.05) is 30.1 Å². The molecule has 1 N–H and O–H groups in total. The van der Waals surface area contributed by atoms with E-state index < -0.39 is 5.63 Å². The van der Waals surface area contributed by atoms with Gasteiger partial charge in [-0.05, 0) is 25.0 Å². The molecule has 1 atom stereocenters. The van der Waals surface area contributed by atoms with Crippen LogP contribution in [0.2, 0.25) is 0 Å². The number of benzene rings is 2. The van der Waals surface area contributed by atoms with Gasteiger partial charge >= 0.3 is 5.63 Å². The summed E-state index contributed by atoms with van der Waals surface area (Å²) < 4.78 is 5.33. The Bertz CT molecular complexity index is 1320. The van der Waals surface area contributed by atoms with Crippen LogP contribution in [0.5, 0.6) is 0 Å². The van der Waals surface area contributed by atoms with Gasteiger partial charge in [-0.2, -0.15) is 0 Å². The largest absolute Gasteiger partial charge is 0.421 e. The lowest BCUT2D eigenvalue weighted by atomic mass is 9.97. The first-order valence-corrected chi connectivity index (χ1v) is 10.6. The highest BCUT2D eigenvalue weighted by Crippen LogP contribution is 2.26. The quantitative estimate of drug-likeness (QED) is 0.494. The van der Waals surface area contributed by atoms with Crippen LogP contribution in [0.15, 0.2) is 82.3 Å². The second-order valence-corrected chi connectivity index (χ2v) is 7.89. The molecule has 1 saturated heterocycles. The first-order valence-electron chi connectivity index (χ1n) is 10.6. The second kappa shape index (κ2) is 8.63. The molecule has 7 nitrogen and oxygen atoms in total. The number of amides is 1. The summed E-state index contributed by atoms with van der Waals surface area (Å²) in [6.07, 6.45) is 3.16. The minimum Gasteiger partial charge on any atom is -0.421 e. The van der Waals surface area contributed by atoms with E-state index in [1.165, 1.54) is 0 Å². The van der Waals surface area contributed by atoms with Crippen LogP contribution in [0.3, 0.4) is 0 Å². The average molecular weight is 426 g/mol. The van der Waals surface area contributed by atoms with E-state index in [1.807, 2.05) is 48.5 Å². The maximum Gasteiger partial charge on any atom is 0.360 e. The molecule has 1 aliphatic rings. The Morgan fingerprint density at radius 3 is 2.72 bits per heavy atom. The number of hydrogen-bond acceptors (Lipinski definition) is 6. The molecule has 0 radical (unpaired) electrons. The molecule has 160 valence electrons.